The van der Waals surface area contributed by atoms with Crippen LogP contribution in [0.15, 0.2) is 57.9 Å². The third-order valence-corrected chi connectivity index (χ3v) is 6.91. The van der Waals surface area contributed by atoms with Crippen molar-refractivity contribution in [3.05, 3.63) is 74.7 Å². The summed E-state index contributed by atoms with van der Waals surface area (Å²) in [6.07, 6.45) is 2.00. The first-order chi connectivity index (χ1) is 13.5. The molecule has 0 bridgehead atoms. The van der Waals surface area contributed by atoms with Crippen molar-refractivity contribution >= 4 is 67.1 Å². The molecule has 0 spiro atoms. The van der Waals surface area contributed by atoms with Gasteiger partial charge in [0.25, 0.3) is 5.91 Å². The molecular formula is C22H19BrN2OS2. The number of thiocarbonyl (C=S) groups is 1. The highest BCUT2D eigenvalue weighted by molar-refractivity contribution is 9.10. The van der Waals surface area contributed by atoms with Gasteiger partial charge in [0.05, 0.1) is 4.91 Å². The Labute approximate surface area is 182 Å². The second-order valence-corrected chi connectivity index (χ2v) is 9.25. The highest BCUT2D eigenvalue weighted by atomic mass is 79.9. The Morgan fingerprint density at radius 2 is 1.86 bits per heavy atom. The first-order valence-electron chi connectivity index (χ1n) is 9.07. The Kier molecular flexibility index (Phi) is 5.45. The number of amides is 1. The molecule has 1 aliphatic heterocycles. The van der Waals surface area contributed by atoms with Crippen LogP contribution in [-0.2, 0) is 11.3 Å². The summed E-state index contributed by atoms with van der Waals surface area (Å²) >= 11 is 10.2. The Balaban J connectivity index is 1.81. The number of nitrogens with zero attached hydrogens (tertiary/aromatic N) is 2. The number of aromatic nitrogens is 1. The van der Waals surface area contributed by atoms with E-state index >= 15 is 0 Å². The first-order valence-corrected chi connectivity index (χ1v) is 11.1. The van der Waals surface area contributed by atoms with Crippen LogP contribution in [0.3, 0.4) is 0 Å². The molecule has 6 heteroatoms. The van der Waals surface area contributed by atoms with Crippen molar-refractivity contribution in [3.8, 4) is 0 Å². The van der Waals surface area contributed by atoms with Crippen LogP contribution < -0.4 is 0 Å². The maximum absolute atomic E-state index is 12.7. The zero-order chi connectivity index (χ0) is 19.8. The zero-order valence-electron chi connectivity index (χ0n) is 15.6. The molecule has 1 amide bonds. The van der Waals surface area contributed by atoms with Gasteiger partial charge in [0.1, 0.15) is 4.32 Å². The summed E-state index contributed by atoms with van der Waals surface area (Å²) in [7, 11) is 0. The minimum Gasteiger partial charge on any atom is -0.340 e. The van der Waals surface area contributed by atoms with Gasteiger partial charge >= 0.3 is 0 Å². The van der Waals surface area contributed by atoms with Crippen molar-refractivity contribution in [2.45, 2.75) is 20.4 Å². The van der Waals surface area contributed by atoms with Gasteiger partial charge in [-0.15, -0.1) is 0 Å². The molecule has 3 aromatic rings. The average Bonchev–Trinajstić information content (AvgIpc) is 3.11. The fourth-order valence-corrected chi connectivity index (χ4v) is 5.15. The van der Waals surface area contributed by atoms with E-state index in [2.05, 4.69) is 69.9 Å². The molecule has 1 aliphatic rings. The van der Waals surface area contributed by atoms with Gasteiger partial charge in [0, 0.05) is 39.7 Å². The first kappa shape index (κ1) is 19.4. The number of fused-ring (bicyclic) bond motifs is 1. The van der Waals surface area contributed by atoms with Crippen molar-refractivity contribution in [3.63, 3.8) is 0 Å². The smallest absolute Gasteiger partial charge is 0.266 e. The quantitative estimate of drug-likeness (QED) is 0.346. The minimum absolute atomic E-state index is 0.00152. The molecule has 0 aliphatic carbocycles. The van der Waals surface area contributed by atoms with E-state index < -0.39 is 0 Å². The predicted octanol–water partition coefficient (Wildman–Crippen LogP) is 5.98. The lowest BCUT2D eigenvalue weighted by atomic mass is 10.1. The van der Waals surface area contributed by atoms with E-state index in [4.69, 9.17) is 12.2 Å². The zero-order valence-corrected chi connectivity index (χ0v) is 18.8. The number of halogens is 1. The average molecular weight is 471 g/mol. The minimum atomic E-state index is 0.00152. The van der Waals surface area contributed by atoms with Crippen molar-refractivity contribution in [1.29, 1.82) is 0 Å². The molecule has 142 valence electrons. The molecule has 2 aromatic carbocycles. The molecule has 1 saturated heterocycles. The molecule has 0 saturated carbocycles. The molecule has 4 rings (SSSR count). The number of likely N-dealkylation sites (N-methyl/N-ethyl adjacent to an activating group) is 1. The summed E-state index contributed by atoms with van der Waals surface area (Å²) in [4.78, 5) is 15.0. The van der Waals surface area contributed by atoms with Gasteiger partial charge in [0.2, 0.25) is 0 Å². The highest BCUT2D eigenvalue weighted by Gasteiger charge is 2.31. The van der Waals surface area contributed by atoms with Gasteiger partial charge in [-0.3, -0.25) is 9.69 Å². The second-order valence-electron chi connectivity index (χ2n) is 6.65. The van der Waals surface area contributed by atoms with E-state index in [1.807, 2.05) is 19.1 Å². The second kappa shape index (κ2) is 7.85. The lowest BCUT2D eigenvalue weighted by molar-refractivity contribution is -0.121. The van der Waals surface area contributed by atoms with E-state index in [9.17, 15) is 4.79 Å². The van der Waals surface area contributed by atoms with Crippen LogP contribution in [0.2, 0.25) is 0 Å². The summed E-state index contributed by atoms with van der Waals surface area (Å²) in [5.41, 5.74) is 4.63. The van der Waals surface area contributed by atoms with Crippen LogP contribution in [-0.4, -0.2) is 26.2 Å². The van der Waals surface area contributed by atoms with Gasteiger partial charge in [-0.2, -0.15) is 0 Å². The summed E-state index contributed by atoms with van der Waals surface area (Å²) in [6.45, 7) is 5.45. The predicted molar refractivity (Wildman–Crippen MR) is 125 cm³/mol. The number of hydrogen-bond donors (Lipinski definition) is 0. The molecule has 3 nitrogen and oxygen atoms in total. The van der Waals surface area contributed by atoms with Crippen LogP contribution in [0.1, 0.15) is 23.7 Å². The molecule has 0 unspecified atom stereocenters. The SMILES string of the molecule is CCN1C(=O)/C(=C/c2c(C)n(Cc3ccc(Br)cc3)c3ccccc23)SC1=S. The van der Waals surface area contributed by atoms with Gasteiger partial charge < -0.3 is 4.57 Å². The molecule has 0 N–H and O–H groups in total. The van der Waals surface area contributed by atoms with Crippen molar-refractivity contribution in [2.75, 3.05) is 6.54 Å². The number of carbonyl (C=O) groups is 1. The van der Waals surface area contributed by atoms with E-state index in [0.717, 1.165) is 27.7 Å². The third-order valence-electron chi connectivity index (χ3n) is 5.00. The van der Waals surface area contributed by atoms with Crippen LogP contribution in [0.5, 0.6) is 0 Å². The number of carbonyl (C=O) groups excluding carboxylic acids is 1. The molecule has 2 heterocycles. The van der Waals surface area contributed by atoms with Crippen LogP contribution in [0, 0.1) is 6.92 Å². The number of benzene rings is 2. The lowest BCUT2D eigenvalue weighted by Crippen LogP contribution is -2.27. The fourth-order valence-electron chi connectivity index (χ4n) is 3.52. The summed E-state index contributed by atoms with van der Waals surface area (Å²) in [5.74, 6) is 0.00152. The Bertz CT molecular complexity index is 1120. The molecule has 0 atom stereocenters. The molecule has 1 aromatic heterocycles. The van der Waals surface area contributed by atoms with Gasteiger partial charge in [-0.1, -0.05) is 70.2 Å². The van der Waals surface area contributed by atoms with E-state index in [1.165, 1.54) is 22.8 Å². The standard InChI is InChI=1S/C22H19BrN2OS2/c1-3-24-21(26)20(28-22(24)27)12-18-14(2)25(19-7-5-4-6-17(18)19)13-15-8-10-16(23)11-9-15/h4-12H,3,13H2,1-2H3/b20-12-. The van der Waals surface area contributed by atoms with E-state index in [1.54, 1.807) is 4.90 Å². The van der Waals surface area contributed by atoms with Crippen molar-refractivity contribution in [2.24, 2.45) is 0 Å². The maximum atomic E-state index is 12.7. The number of rotatable bonds is 4. The monoisotopic (exact) mass is 470 g/mol. The molecule has 1 fully saturated rings. The number of hydrogen-bond acceptors (Lipinski definition) is 3. The Hall–Kier alpha value is -1.89. The Morgan fingerprint density at radius 3 is 2.54 bits per heavy atom. The lowest BCUT2D eigenvalue weighted by Gasteiger charge is -2.10. The molecule has 28 heavy (non-hydrogen) atoms. The summed E-state index contributed by atoms with van der Waals surface area (Å²) < 4.78 is 4.02. The highest BCUT2D eigenvalue weighted by Crippen LogP contribution is 2.35. The van der Waals surface area contributed by atoms with Gasteiger partial charge in [0.15, 0.2) is 0 Å². The maximum Gasteiger partial charge on any atom is 0.266 e. The number of para-hydroxylation sites is 1. The summed E-state index contributed by atoms with van der Waals surface area (Å²) in [5, 5.41) is 1.15. The normalized spacial score (nSPS) is 16.0. The molecular weight excluding hydrogens is 452 g/mol. The Morgan fingerprint density at radius 1 is 1.14 bits per heavy atom. The van der Waals surface area contributed by atoms with E-state index in [0.29, 0.717) is 15.8 Å². The third kappa shape index (κ3) is 3.45. The topological polar surface area (TPSA) is 25.2 Å². The number of thioether (sulfide) groups is 1. The molecule has 0 radical (unpaired) electrons. The van der Waals surface area contributed by atoms with Crippen LogP contribution >= 0.6 is 39.9 Å². The van der Waals surface area contributed by atoms with Crippen molar-refractivity contribution in [1.82, 2.24) is 9.47 Å². The van der Waals surface area contributed by atoms with Crippen LogP contribution in [0.4, 0.5) is 0 Å². The van der Waals surface area contributed by atoms with Gasteiger partial charge in [-0.25, -0.2) is 0 Å². The van der Waals surface area contributed by atoms with E-state index in [-0.39, 0.29) is 5.91 Å². The fraction of sp³-hybridized carbons (Fsp3) is 0.182. The largest absolute Gasteiger partial charge is 0.340 e. The summed E-state index contributed by atoms with van der Waals surface area (Å²) in [6, 6.07) is 16.7. The van der Waals surface area contributed by atoms with Gasteiger partial charge in [-0.05, 0) is 43.7 Å². The van der Waals surface area contributed by atoms with Crippen LogP contribution in [0.25, 0.3) is 17.0 Å². The van der Waals surface area contributed by atoms with Crippen molar-refractivity contribution < 1.29 is 4.79 Å².